The second-order valence-electron chi connectivity index (χ2n) is 1.98. The van der Waals surface area contributed by atoms with Crippen LogP contribution >= 0.6 is 0 Å². The van der Waals surface area contributed by atoms with E-state index in [9.17, 15) is 0 Å². The van der Waals surface area contributed by atoms with Crippen molar-refractivity contribution in [2.75, 3.05) is 20.1 Å². The van der Waals surface area contributed by atoms with E-state index in [0.717, 1.165) is 25.9 Å². The Hall–Kier alpha value is -0.120. The summed E-state index contributed by atoms with van der Waals surface area (Å²) in [5.41, 5.74) is 5.26. The van der Waals surface area contributed by atoms with Crippen LogP contribution in [0, 0.1) is 0 Å². The quantitative estimate of drug-likeness (QED) is 0.297. The molecule has 0 aliphatic heterocycles. The van der Waals surface area contributed by atoms with Gasteiger partial charge < -0.3 is 5.73 Å². The summed E-state index contributed by atoms with van der Waals surface area (Å²) in [5.74, 6) is 5.33. The van der Waals surface area contributed by atoms with Crippen LogP contribution in [-0.2, 0) is 0 Å². The second kappa shape index (κ2) is 5.03. The molecule has 8 heavy (non-hydrogen) atoms. The summed E-state index contributed by atoms with van der Waals surface area (Å²) in [5, 5.41) is 1.68. The molecule has 0 amide bonds. The topological polar surface area (TPSA) is 55.3 Å². The highest BCUT2D eigenvalue weighted by Crippen LogP contribution is 1.84. The maximum Gasteiger partial charge on any atom is 0.0125 e. The van der Waals surface area contributed by atoms with Gasteiger partial charge in [-0.15, -0.1) is 0 Å². The smallest absolute Gasteiger partial charge is 0.0125 e. The van der Waals surface area contributed by atoms with Crippen molar-refractivity contribution >= 4 is 0 Å². The predicted octanol–water partition coefficient (Wildman–Crippen LogP) is -0.469. The van der Waals surface area contributed by atoms with E-state index in [1.165, 1.54) is 0 Å². The highest BCUT2D eigenvalue weighted by molar-refractivity contribution is 4.42. The van der Waals surface area contributed by atoms with Crippen LogP contribution in [0.15, 0.2) is 0 Å². The summed E-state index contributed by atoms with van der Waals surface area (Å²) in [6.45, 7) is 1.71. The van der Waals surface area contributed by atoms with Crippen LogP contribution in [0.25, 0.3) is 0 Å². The van der Waals surface area contributed by atoms with E-state index < -0.39 is 0 Å². The third-order valence-corrected chi connectivity index (χ3v) is 0.965. The summed E-state index contributed by atoms with van der Waals surface area (Å²) >= 11 is 0. The van der Waals surface area contributed by atoms with Gasteiger partial charge in [0.15, 0.2) is 0 Å². The fraction of sp³-hybridized carbons (Fsp3) is 1.00. The lowest BCUT2D eigenvalue weighted by Crippen LogP contribution is -2.27. The number of hydrogen-bond acceptors (Lipinski definition) is 3. The van der Waals surface area contributed by atoms with Gasteiger partial charge in [0.1, 0.15) is 0 Å². The number of rotatable bonds is 4. The third-order valence-electron chi connectivity index (χ3n) is 0.965. The van der Waals surface area contributed by atoms with Gasteiger partial charge in [-0.05, 0) is 19.4 Å². The van der Waals surface area contributed by atoms with E-state index in [0.29, 0.717) is 0 Å². The average Bonchev–Trinajstić information content (AvgIpc) is 1.66. The summed E-state index contributed by atoms with van der Waals surface area (Å²) in [6, 6.07) is 0. The van der Waals surface area contributed by atoms with Crippen molar-refractivity contribution in [3.63, 3.8) is 0 Å². The van der Waals surface area contributed by atoms with Crippen molar-refractivity contribution in [1.82, 2.24) is 5.01 Å². The molecule has 50 valence electrons. The van der Waals surface area contributed by atoms with Crippen molar-refractivity contribution in [3.05, 3.63) is 0 Å². The summed E-state index contributed by atoms with van der Waals surface area (Å²) in [7, 11) is 1.86. The first-order valence-electron chi connectivity index (χ1n) is 2.93. The third kappa shape index (κ3) is 5.88. The van der Waals surface area contributed by atoms with Crippen LogP contribution in [0.5, 0.6) is 0 Å². The maximum absolute atomic E-state index is 5.33. The summed E-state index contributed by atoms with van der Waals surface area (Å²) in [6.07, 6.45) is 2.17. The summed E-state index contributed by atoms with van der Waals surface area (Å²) in [4.78, 5) is 0. The van der Waals surface area contributed by atoms with Crippen molar-refractivity contribution in [3.8, 4) is 0 Å². The Labute approximate surface area is 50.6 Å². The number of hydrazine groups is 1. The lowest BCUT2D eigenvalue weighted by atomic mass is 10.3. The molecule has 0 atom stereocenters. The van der Waals surface area contributed by atoms with Gasteiger partial charge in [0.2, 0.25) is 0 Å². The monoisotopic (exact) mass is 117 g/mol. The normalized spacial score (nSPS) is 10.5. The molecule has 0 spiro atoms. The molecular weight excluding hydrogens is 102 g/mol. The number of nitrogens with two attached hydrogens (primary N) is 2. The minimum absolute atomic E-state index is 0.772. The standard InChI is InChI=1S/C5H15N3/c1-8(7)5-3-2-4-6/h2-7H2,1H3. The van der Waals surface area contributed by atoms with Gasteiger partial charge >= 0.3 is 0 Å². The number of unbranched alkanes of at least 4 members (excludes halogenated alkanes) is 1. The molecule has 3 heteroatoms. The molecule has 0 aromatic rings. The van der Waals surface area contributed by atoms with E-state index in [2.05, 4.69) is 0 Å². The van der Waals surface area contributed by atoms with Crippen LogP contribution in [0.2, 0.25) is 0 Å². The molecule has 0 radical (unpaired) electrons. The van der Waals surface area contributed by atoms with Gasteiger partial charge in [-0.3, -0.25) is 10.9 Å². The van der Waals surface area contributed by atoms with E-state index in [1.807, 2.05) is 7.05 Å². The molecule has 0 bridgehead atoms. The zero-order valence-corrected chi connectivity index (χ0v) is 5.43. The van der Waals surface area contributed by atoms with Gasteiger partial charge in [-0.25, -0.2) is 0 Å². The molecule has 0 unspecified atom stereocenters. The van der Waals surface area contributed by atoms with E-state index in [1.54, 1.807) is 5.01 Å². The zero-order valence-electron chi connectivity index (χ0n) is 5.43. The molecule has 0 aromatic heterocycles. The van der Waals surface area contributed by atoms with Gasteiger partial charge in [0, 0.05) is 13.6 Å². The molecule has 0 rings (SSSR count). The van der Waals surface area contributed by atoms with E-state index in [-0.39, 0.29) is 0 Å². The molecule has 0 saturated carbocycles. The van der Waals surface area contributed by atoms with Crippen LogP contribution in [0.1, 0.15) is 12.8 Å². The fourth-order valence-corrected chi connectivity index (χ4v) is 0.506. The highest BCUT2D eigenvalue weighted by Gasteiger charge is 1.87. The largest absolute Gasteiger partial charge is 0.330 e. The molecule has 0 heterocycles. The van der Waals surface area contributed by atoms with E-state index in [4.69, 9.17) is 11.6 Å². The second-order valence-corrected chi connectivity index (χ2v) is 1.98. The molecule has 0 fully saturated rings. The molecule has 3 nitrogen and oxygen atoms in total. The molecule has 4 N–H and O–H groups in total. The van der Waals surface area contributed by atoms with Crippen molar-refractivity contribution in [2.45, 2.75) is 12.8 Å². The fourth-order valence-electron chi connectivity index (χ4n) is 0.506. The molecule has 0 saturated heterocycles. The Morgan fingerprint density at radius 3 is 2.38 bits per heavy atom. The van der Waals surface area contributed by atoms with Crippen LogP contribution < -0.4 is 11.6 Å². The Bertz CT molecular complexity index is 44.9. The zero-order chi connectivity index (χ0) is 6.41. The number of hydrogen-bond donors (Lipinski definition) is 2. The minimum atomic E-state index is 0.772. The Kier molecular flexibility index (Phi) is 4.95. The average molecular weight is 117 g/mol. The molecule has 0 aliphatic carbocycles. The highest BCUT2D eigenvalue weighted by atomic mass is 15.4. The van der Waals surface area contributed by atoms with Crippen LogP contribution in [-0.4, -0.2) is 25.1 Å². The van der Waals surface area contributed by atoms with E-state index >= 15 is 0 Å². The predicted molar refractivity (Wildman–Crippen MR) is 35.1 cm³/mol. The van der Waals surface area contributed by atoms with Crippen molar-refractivity contribution in [2.24, 2.45) is 11.6 Å². The first-order valence-corrected chi connectivity index (χ1v) is 2.93. The first kappa shape index (κ1) is 7.88. The molecular formula is C5H15N3. The van der Waals surface area contributed by atoms with Gasteiger partial charge in [0.25, 0.3) is 0 Å². The van der Waals surface area contributed by atoms with Gasteiger partial charge in [-0.1, -0.05) is 0 Å². The first-order chi connectivity index (χ1) is 3.77. The van der Waals surface area contributed by atoms with Gasteiger partial charge in [-0.2, -0.15) is 0 Å². The summed E-state index contributed by atoms with van der Waals surface area (Å²) < 4.78 is 0. The van der Waals surface area contributed by atoms with Gasteiger partial charge in [0.05, 0.1) is 0 Å². The minimum Gasteiger partial charge on any atom is -0.330 e. The lowest BCUT2D eigenvalue weighted by molar-refractivity contribution is 0.340. The SMILES string of the molecule is CN(N)CCCCN. The maximum atomic E-state index is 5.33. The Morgan fingerprint density at radius 1 is 1.38 bits per heavy atom. The Balaban J connectivity index is 2.72. The van der Waals surface area contributed by atoms with Crippen molar-refractivity contribution < 1.29 is 0 Å². The van der Waals surface area contributed by atoms with Crippen LogP contribution in [0.4, 0.5) is 0 Å². The Morgan fingerprint density at radius 2 is 2.00 bits per heavy atom. The van der Waals surface area contributed by atoms with Crippen molar-refractivity contribution in [1.29, 1.82) is 0 Å². The number of nitrogens with zero attached hydrogens (tertiary/aromatic N) is 1. The molecule has 0 aromatic carbocycles. The van der Waals surface area contributed by atoms with Crippen LogP contribution in [0.3, 0.4) is 0 Å². The lowest BCUT2D eigenvalue weighted by Gasteiger charge is -2.06. The molecule has 0 aliphatic rings.